The molecule has 0 aliphatic rings. The van der Waals surface area contributed by atoms with Crippen LogP contribution in [0.4, 0.5) is 14.9 Å². The number of carbonyl (C=O) groups excluding carboxylic acids is 2. The van der Waals surface area contributed by atoms with Gasteiger partial charge in [0.1, 0.15) is 11.4 Å². The van der Waals surface area contributed by atoms with Crippen LogP contribution in [-0.2, 0) is 9.53 Å². The molecule has 2 atom stereocenters. The van der Waals surface area contributed by atoms with E-state index in [2.05, 4.69) is 28.8 Å². The third-order valence-corrected chi connectivity index (χ3v) is 4.57. The van der Waals surface area contributed by atoms with E-state index in [0.717, 1.165) is 0 Å². The van der Waals surface area contributed by atoms with Crippen LogP contribution in [0.2, 0.25) is 0 Å². The smallest absolute Gasteiger partial charge is 0.408 e. The molecule has 0 fully saturated rings. The molecule has 0 unspecified atom stereocenters. The van der Waals surface area contributed by atoms with Crippen LogP contribution in [0, 0.1) is 11.7 Å². The molecule has 0 aliphatic carbocycles. The number of alkyl carbamates (subject to hydrolysis) is 1. The number of ether oxygens (including phenoxy) is 1. The number of nitrogens with zero attached hydrogens (tertiary/aromatic N) is 1. The maximum absolute atomic E-state index is 14.1. The molecule has 1 heterocycles. The molecule has 2 rings (SSSR count). The van der Waals surface area contributed by atoms with E-state index < -0.39 is 29.5 Å². The number of rotatable bonds is 8. The van der Waals surface area contributed by atoms with Crippen molar-refractivity contribution in [1.29, 1.82) is 0 Å². The second kappa shape index (κ2) is 10.7. The molecule has 0 saturated carbocycles. The molecule has 0 bridgehead atoms. The highest BCUT2D eigenvalue weighted by molar-refractivity contribution is 5.97. The first-order valence-corrected chi connectivity index (χ1v) is 10.3. The summed E-state index contributed by atoms with van der Waals surface area (Å²) in [5, 5.41) is 5.63. The minimum Gasteiger partial charge on any atom is -0.444 e. The van der Waals surface area contributed by atoms with E-state index in [0.29, 0.717) is 28.8 Å². The standard InChI is InChI=1S/C25H30FN3O3/c1-7-9-21(29-24(31)32-25(4,5)6)18-12-17(14-27-15-18)20-13-19(26)10-11-22(20)28-23(30)16(3)8-2/h7-8,10-16,21H,1-2,9H2,3-6H3,(H,28,30)(H,29,31)/t16-,21+/m1/s1. The first-order chi connectivity index (χ1) is 15.0. The van der Waals surface area contributed by atoms with Gasteiger partial charge in [0.2, 0.25) is 5.91 Å². The molecule has 0 spiro atoms. The lowest BCUT2D eigenvalue weighted by Crippen LogP contribution is -2.34. The molecule has 2 N–H and O–H groups in total. The largest absolute Gasteiger partial charge is 0.444 e. The maximum Gasteiger partial charge on any atom is 0.408 e. The zero-order valence-electron chi connectivity index (χ0n) is 18.9. The van der Waals surface area contributed by atoms with Gasteiger partial charge in [0.25, 0.3) is 0 Å². The zero-order chi connectivity index (χ0) is 23.9. The molecule has 2 aromatic rings. The van der Waals surface area contributed by atoms with Crippen LogP contribution in [0.1, 0.15) is 45.7 Å². The number of pyridine rings is 1. The second-order valence-electron chi connectivity index (χ2n) is 8.43. The molecule has 0 radical (unpaired) electrons. The van der Waals surface area contributed by atoms with Gasteiger partial charge in [-0.15, -0.1) is 13.2 Å². The van der Waals surface area contributed by atoms with E-state index in [-0.39, 0.29) is 5.91 Å². The van der Waals surface area contributed by atoms with Gasteiger partial charge in [-0.2, -0.15) is 0 Å². The summed E-state index contributed by atoms with van der Waals surface area (Å²) >= 11 is 0. The predicted molar refractivity (Wildman–Crippen MR) is 125 cm³/mol. The topological polar surface area (TPSA) is 80.3 Å². The number of aromatic nitrogens is 1. The summed E-state index contributed by atoms with van der Waals surface area (Å²) < 4.78 is 19.4. The van der Waals surface area contributed by atoms with E-state index in [4.69, 9.17) is 4.74 Å². The lowest BCUT2D eigenvalue weighted by molar-refractivity contribution is -0.118. The van der Waals surface area contributed by atoms with E-state index in [9.17, 15) is 14.0 Å². The minimum absolute atomic E-state index is 0.256. The van der Waals surface area contributed by atoms with E-state index >= 15 is 0 Å². The van der Waals surface area contributed by atoms with Gasteiger partial charge < -0.3 is 15.4 Å². The van der Waals surface area contributed by atoms with Gasteiger partial charge in [0.05, 0.1) is 12.0 Å². The fourth-order valence-corrected chi connectivity index (χ4v) is 2.91. The predicted octanol–water partition coefficient (Wildman–Crippen LogP) is 5.79. The summed E-state index contributed by atoms with van der Waals surface area (Å²) in [7, 11) is 0. The zero-order valence-corrected chi connectivity index (χ0v) is 18.9. The number of hydrogen-bond donors (Lipinski definition) is 2. The average Bonchev–Trinajstić information content (AvgIpc) is 2.72. The summed E-state index contributed by atoms with van der Waals surface area (Å²) in [6.07, 6.45) is 6.28. The Morgan fingerprint density at radius 1 is 1.22 bits per heavy atom. The average molecular weight is 440 g/mol. The van der Waals surface area contributed by atoms with Crippen LogP contribution < -0.4 is 10.6 Å². The summed E-state index contributed by atoms with van der Waals surface area (Å²) in [6.45, 7) is 14.4. The van der Waals surface area contributed by atoms with Crippen molar-refractivity contribution < 1.29 is 18.7 Å². The van der Waals surface area contributed by atoms with Crippen LogP contribution >= 0.6 is 0 Å². The number of carbonyl (C=O) groups is 2. The molecule has 0 saturated heterocycles. The minimum atomic E-state index is -0.639. The number of halogens is 1. The number of benzene rings is 1. The Hall–Kier alpha value is -3.48. The van der Waals surface area contributed by atoms with Gasteiger partial charge in [0.15, 0.2) is 0 Å². The Labute approximate surface area is 188 Å². The Morgan fingerprint density at radius 2 is 1.94 bits per heavy atom. The van der Waals surface area contributed by atoms with Crippen molar-refractivity contribution in [2.75, 3.05) is 5.32 Å². The van der Waals surface area contributed by atoms with Gasteiger partial charge in [-0.3, -0.25) is 9.78 Å². The first-order valence-electron chi connectivity index (χ1n) is 10.3. The van der Waals surface area contributed by atoms with Gasteiger partial charge in [0, 0.05) is 29.2 Å². The molecule has 170 valence electrons. The number of hydrogen-bond acceptors (Lipinski definition) is 4. The number of amides is 2. The summed E-state index contributed by atoms with van der Waals surface area (Å²) in [4.78, 5) is 28.9. The van der Waals surface area contributed by atoms with Crippen LogP contribution in [0.3, 0.4) is 0 Å². The Bertz CT molecular complexity index is 998. The summed E-state index contributed by atoms with van der Waals surface area (Å²) in [5.74, 6) is -1.12. The molecular weight excluding hydrogens is 409 g/mol. The molecule has 0 aliphatic heterocycles. The van der Waals surface area contributed by atoms with Crippen molar-refractivity contribution in [3.05, 3.63) is 73.3 Å². The molecule has 1 aromatic carbocycles. The molecule has 6 nitrogen and oxygen atoms in total. The molecular formula is C25H30FN3O3. The van der Waals surface area contributed by atoms with E-state index in [1.54, 1.807) is 52.2 Å². The quantitative estimate of drug-likeness (QED) is 0.510. The van der Waals surface area contributed by atoms with Crippen molar-refractivity contribution in [3.8, 4) is 11.1 Å². The highest BCUT2D eigenvalue weighted by Gasteiger charge is 2.21. The number of nitrogens with one attached hydrogen (secondary N) is 2. The molecule has 7 heteroatoms. The lowest BCUT2D eigenvalue weighted by Gasteiger charge is -2.23. The normalized spacial score (nSPS) is 12.9. The van der Waals surface area contributed by atoms with Crippen molar-refractivity contribution in [1.82, 2.24) is 10.3 Å². The fourth-order valence-electron chi connectivity index (χ4n) is 2.91. The maximum atomic E-state index is 14.1. The fraction of sp³-hybridized carbons (Fsp3) is 0.320. The van der Waals surface area contributed by atoms with Crippen molar-refractivity contribution in [2.45, 2.75) is 45.8 Å². The van der Waals surface area contributed by atoms with Crippen LogP contribution in [0.5, 0.6) is 0 Å². The van der Waals surface area contributed by atoms with E-state index in [1.165, 1.54) is 24.3 Å². The monoisotopic (exact) mass is 439 g/mol. The van der Waals surface area contributed by atoms with Crippen LogP contribution in [0.25, 0.3) is 11.1 Å². The summed E-state index contributed by atoms with van der Waals surface area (Å²) in [6, 6.07) is 5.46. The Kier molecular flexibility index (Phi) is 8.29. The molecule has 2 amide bonds. The third-order valence-electron chi connectivity index (χ3n) is 4.57. The van der Waals surface area contributed by atoms with Gasteiger partial charge in [-0.1, -0.05) is 19.1 Å². The van der Waals surface area contributed by atoms with Crippen molar-refractivity contribution >= 4 is 17.7 Å². The SMILES string of the molecule is C=CC[C@H](NC(=O)OC(C)(C)C)c1cncc(-c2cc(F)ccc2NC(=O)[C@H](C)C=C)c1. The first kappa shape index (κ1) is 24.8. The number of anilines is 1. The molecule has 1 aromatic heterocycles. The van der Waals surface area contributed by atoms with Crippen molar-refractivity contribution in [2.24, 2.45) is 5.92 Å². The van der Waals surface area contributed by atoms with Gasteiger partial charge in [-0.25, -0.2) is 9.18 Å². The Balaban J connectivity index is 2.39. The van der Waals surface area contributed by atoms with Crippen LogP contribution in [0.15, 0.2) is 62.0 Å². The highest BCUT2D eigenvalue weighted by Crippen LogP contribution is 2.31. The second-order valence-corrected chi connectivity index (χ2v) is 8.43. The highest BCUT2D eigenvalue weighted by atomic mass is 19.1. The third kappa shape index (κ3) is 7.04. The van der Waals surface area contributed by atoms with Gasteiger partial charge in [-0.05, 0) is 57.0 Å². The van der Waals surface area contributed by atoms with E-state index in [1.807, 2.05) is 0 Å². The summed E-state index contributed by atoms with van der Waals surface area (Å²) in [5.41, 5.74) is 1.56. The van der Waals surface area contributed by atoms with Crippen LogP contribution in [-0.4, -0.2) is 22.6 Å². The lowest BCUT2D eigenvalue weighted by atomic mass is 9.99. The van der Waals surface area contributed by atoms with Gasteiger partial charge >= 0.3 is 6.09 Å². The Morgan fingerprint density at radius 3 is 2.56 bits per heavy atom. The molecule has 32 heavy (non-hydrogen) atoms. The van der Waals surface area contributed by atoms with Crippen molar-refractivity contribution in [3.63, 3.8) is 0 Å².